The molecule has 0 radical (unpaired) electrons. The summed E-state index contributed by atoms with van der Waals surface area (Å²) in [5, 5.41) is 8.61. The maximum atomic E-state index is 13.7. The van der Waals surface area contributed by atoms with Gasteiger partial charge in [0.05, 0.1) is 39.7 Å². The van der Waals surface area contributed by atoms with Crippen LogP contribution in [0.3, 0.4) is 0 Å². The van der Waals surface area contributed by atoms with Gasteiger partial charge in [-0.1, -0.05) is 24.2 Å². The van der Waals surface area contributed by atoms with Crippen LogP contribution in [0.2, 0.25) is 5.02 Å². The molecule has 3 aliphatic heterocycles. The third kappa shape index (κ3) is 8.60. The second-order valence-corrected chi connectivity index (χ2v) is 14.8. The lowest BCUT2D eigenvalue weighted by molar-refractivity contribution is -0.136. The fourth-order valence-corrected chi connectivity index (χ4v) is 7.98. The number of thioether (sulfide) groups is 1. The molecule has 0 saturated carbocycles. The van der Waals surface area contributed by atoms with Crippen molar-refractivity contribution in [2.75, 3.05) is 55.7 Å². The number of piperazine rings is 1. The number of carbonyl (C=O) groups is 6. The number of anilines is 3. The van der Waals surface area contributed by atoms with Crippen LogP contribution in [-0.2, 0) is 19.2 Å². The molecule has 57 heavy (non-hydrogen) atoms. The van der Waals surface area contributed by atoms with Crippen LogP contribution in [0.25, 0.3) is 10.9 Å². The van der Waals surface area contributed by atoms with Crippen LogP contribution in [0, 0.1) is 5.82 Å². The second kappa shape index (κ2) is 17.1. The zero-order valence-electron chi connectivity index (χ0n) is 30.4. The van der Waals surface area contributed by atoms with Gasteiger partial charge in [0.1, 0.15) is 29.8 Å². The number of aromatic nitrogens is 2. The number of hydrogen-bond donors (Lipinski definition) is 3. The summed E-state index contributed by atoms with van der Waals surface area (Å²) in [6, 6.07) is 11.4. The Labute approximate surface area is 334 Å². The van der Waals surface area contributed by atoms with Crippen molar-refractivity contribution in [1.29, 1.82) is 0 Å². The summed E-state index contributed by atoms with van der Waals surface area (Å²) in [6.07, 6.45) is 3.26. The Bertz CT molecular complexity index is 2320. The van der Waals surface area contributed by atoms with Gasteiger partial charge in [-0.25, -0.2) is 14.4 Å². The van der Waals surface area contributed by atoms with Crippen LogP contribution in [0.4, 0.5) is 21.6 Å². The van der Waals surface area contributed by atoms with E-state index in [1.54, 1.807) is 29.2 Å². The Kier molecular flexibility index (Phi) is 11.8. The summed E-state index contributed by atoms with van der Waals surface area (Å²) in [5.74, 6) is -2.55. The molecule has 3 aliphatic rings. The minimum atomic E-state index is -1.07. The van der Waals surface area contributed by atoms with Crippen molar-refractivity contribution >= 4 is 86.9 Å². The average molecular weight is 815 g/mol. The molecule has 1 aromatic heterocycles. The highest BCUT2D eigenvalue weighted by atomic mass is 35.5. The molecule has 0 aliphatic carbocycles. The minimum absolute atomic E-state index is 0.0272. The number of amides is 6. The molecular formula is C39H36ClFN8O7S. The van der Waals surface area contributed by atoms with E-state index in [-0.39, 0.29) is 40.7 Å². The summed E-state index contributed by atoms with van der Waals surface area (Å²) in [4.78, 5) is 90.3. The number of nitrogens with one attached hydrogen (secondary N) is 3. The van der Waals surface area contributed by atoms with Crippen molar-refractivity contribution in [2.24, 2.45) is 0 Å². The lowest BCUT2D eigenvalue weighted by atomic mass is 10.0. The topological polar surface area (TPSA) is 183 Å². The molecule has 7 rings (SSSR count). The van der Waals surface area contributed by atoms with E-state index in [1.807, 2.05) is 0 Å². The molecule has 4 heterocycles. The van der Waals surface area contributed by atoms with E-state index in [4.69, 9.17) is 16.3 Å². The van der Waals surface area contributed by atoms with E-state index < -0.39 is 41.4 Å². The fraction of sp³-hybridized carbons (Fsp3) is 0.282. The van der Waals surface area contributed by atoms with E-state index in [9.17, 15) is 33.2 Å². The van der Waals surface area contributed by atoms with Crippen molar-refractivity contribution in [1.82, 2.24) is 30.0 Å². The van der Waals surface area contributed by atoms with E-state index >= 15 is 0 Å². The van der Waals surface area contributed by atoms with Crippen molar-refractivity contribution in [2.45, 2.75) is 30.2 Å². The van der Waals surface area contributed by atoms with Gasteiger partial charge < -0.3 is 20.3 Å². The quantitative estimate of drug-likeness (QED) is 0.0750. The maximum Gasteiger partial charge on any atom is 0.263 e. The fourth-order valence-electron chi connectivity index (χ4n) is 6.82. The van der Waals surface area contributed by atoms with Crippen molar-refractivity contribution in [3.63, 3.8) is 0 Å². The number of rotatable bonds is 13. The van der Waals surface area contributed by atoms with Gasteiger partial charge in [-0.15, -0.1) is 11.8 Å². The van der Waals surface area contributed by atoms with Crippen molar-refractivity contribution < 1.29 is 37.9 Å². The molecule has 2 fully saturated rings. The van der Waals surface area contributed by atoms with Gasteiger partial charge in [0.25, 0.3) is 11.8 Å². The van der Waals surface area contributed by atoms with Gasteiger partial charge in [0.2, 0.25) is 23.6 Å². The largest absolute Gasteiger partial charge is 0.491 e. The van der Waals surface area contributed by atoms with Crippen LogP contribution in [0.1, 0.15) is 40.0 Å². The number of halogens is 2. The van der Waals surface area contributed by atoms with Gasteiger partial charge in [0, 0.05) is 61.2 Å². The Morgan fingerprint density at radius 1 is 1.05 bits per heavy atom. The zero-order chi connectivity index (χ0) is 40.2. The van der Waals surface area contributed by atoms with E-state index in [0.717, 1.165) is 11.0 Å². The van der Waals surface area contributed by atoms with Gasteiger partial charge in [-0.2, -0.15) is 0 Å². The standard InChI is InChI=1S/C39H36ClFN8O7S/c1-2-32(50)45-28-18-24-27(42-21-43-36(24)44-22-7-8-26(41)25(40)17-22)19-30(28)56-16-4-11-47-12-14-48(15-13-47)34(52)20-57-31-6-3-5-23-35(31)39(55)49(38(23)54)29-9-10-33(51)46-37(29)53/h2-3,5-8,17-19,21,29H,1,4,9-16,20H2,(H,45,50)(H,42,43,44)(H,46,51,53). The number of nitrogens with zero attached hydrogens (tertiary/aromatic N) is 5. The summed E-state index contributed by atoms with van der Waals surface area (Å²) >= 11 is 7.12. The molecule has 3 aromatic carbocycles. The number of imide groups is 2. The molecule has 294 valence electrons. The van der Waals surface area contributed by atoms with Crippen molar-refractivity contribution in [3.8, 4) is 5.75 Å². The second-order valence-electron chi connectivity index (χ2n) is 13.4. The lowest BCUT2D eigenvalue weighted by Crippen LogP contribution is -2.54. The Balaban J connectivity index is 0.907. The summed E-state index contributed by atoms with van der Waals surface area (Å²) in [6.45, 7) is 6.87. The monoisotopic (exact) mass is 814 g/mol. The molecule has 1 unspecified atom stereocenters. The third-order valence-corrected chi connectivity index (χ3v) is 11.1. The Morgan fingerprint density at radius 2 is 1.86 bits per heavy atom. The Morgan fingerprint density at radius 3 is 2.61 bits per heavy atom. The number of carbonyl (C=O) groups excluding carboxylic acids is 6. The highest BCUT2D eigenvalue weighted by molar-refractivity contribution is 8.00. The molecule has 15 nitrogen and oxygen atoms in total. The minimum Gasteiger partial charge on any atom is -0.491 e. The van der Waals surface area contributed by atoms with Gasteiger partial charge in [-0.3, -0.25) is 43.9 Å². The van der Waals surface area contributed by atoms with Crippen LogP contribution in [0.15, 0.2) is 72.4 Å². The number of benzene rings is 3. The smallest absolute Gasteiger partial charge is 0.263 e. The first-order valence-corrected chi connectivity index (χ1v) is 19.4. The van der Waals surface area contributed by atoms with Gasteiger partial charge >= 0.3 is 0 Å². The van der Waals surface area contributed by atoms with E-state index in [2.05, 4.69) is 37.4 Å². The molecule has 0 spiro atoms. The molecule has 0 bridgehead atoms. The van der Waals surface area contributed by atoms with Crippen LogP contribution in [-0.4, -0.2) is 111 Å². The molecule has 2 saturated heterocycles. The zero-order valence-corrected chi connectivity index (χ0v) is 32.0. The molecule has 6 amide bonds. The molecular weight excluding hydrogens is 779 g/mol. The third-order valence-electron chi connectivity index (χ3n) is 9.74. The predicted octanol–water partition coefficient (Wildman–Crippen LogP) is 4.40. The number of ether oxygens (including phenoxy) is 1. The summed E-state index contributed by atoms with van der Waals surface area (Å²) in [7, 11) is 0. The van der Waals surface area contributed by atoms with E-state index in [1.165, 1.54) is 42.4 Å². The lowest BCUT2D eigenvalue weighted by Gasteiger charge is -2.34. The normalized spacial score (nSPS) is 17.1. The van der Waals surface area contributed by atoms with Crippen molar-refractivity contribution in [3.05, 3.63) is 89.5 Å². The molecule has 1 atom stereocenters. The van der Waals surface area contributed by atoms with Gasteiger partial charge in [-0.05, 0) is 55.3 Å². The maximum absolute atomic E-state index is 13.7. The first kappa shape index (κ1) is 39.3. The summed E-state index contributed by atoms with van der Waals surface area (Å²) in [5.41, 5.74) is 1.77. The van der Waals surface area contributed by atoms with Gasteiger partial charge in [0.15, 0.2) is 0 Å². The highest BCUT2D eigenvalue weighted by Crippen LogP contribution is 2.36. The van der Waals surface area contributed by atoms with E-state index in [0.29, 0.717) is 84.5 Å². The van der Waals surface area contributed by atoms with Crippen LogP contribution < -0.4 is 20.7 Å². The first-order chi connectivity index (χ1) is 27.5. The predicted molar refractivity (Wildman–Crippen MR) is 210 cm³/mol. The SMILES string of the molecule is C=CC(=O)Nc1cc2c(Nc3ccc(F)c(Cl)c3)ncnc2cc1OCCCN1CCN(C(=O)CSc2cccc3c2C(=O)N(C2CCC(=O)NC2=O)C3=O)CC1. The van der Waals surface area contributed by atoms with Crippen LogP contribution >= 0.6 is 23.4 Å². The number of piperidine rings is 1. The molecule has 18 heteroatoms. The average Bonchev–Trinajstić information content (AvgIpc) is 3.46. The highest BCUT2D eigenvalue weighted by Gasteiger charge is 2.45. The summed E-state index contributed by atoms with van der Waals surface area (Å²) < 4.78 is 19.8. The number of hydrogen-bond acceptors (Lipinski definition) is 12. The Hall–Kier alpha value is -5.91. The molecule has 3 N–H and O–H groups in total. The first-order valence-electron chi connectivity index (χ1n) is 18.0. The van der Waals surface area contributed by atoms with Crippen LogP contribution in [0.5, 0.6) is 5.75 Å². The number of fused-ring (bicyclic) bond motifs is 2. The molecule has 4 aromatic rings.